The van der Waals surface area contributed by atoms with Gasteiger partial charge in [0.25, 0.3) is 0 Å². The summed E-state index contributed by atoms with van der Waals surface area (Å²) in [6, 6.07) is 31.8. The Morgan fingerprint density at radius 2 is 0.886 bits per heavy atom. The van der Waals surface area contributed by atoms with Crippen molar-refractivity contribution in [2.45, 2.75) is 44.9 Å². The Morgan fingerprint density at radius 3 is 1.23 bits per heavy atom. The summed E-state index contributed by atoms with van der Waals surface area (Å²) in [5, 5.41) is 0. The number of anilines is 2. The van der Waals surface area contributed by atoms with Crippen LogP contribution in [0.3, 0.4) is 0 Å². The van der Waals surface area contributed by atoms with E-state index in [1.807, 2.05) is 72.8 Å². The molecule has 0 saturated carbocycles. The molecule has 35 heavy (non-hydrogen) atoms. The van der Waals surface area contributed by atoms with Gasteiger partial charge in [-0.15, -0.1) is 0 Å². The number of unbranched alkanes of at least 4 members (excludes halogenated alkanes) is 2. The van der Waals surface area contributed by atoms with E-state index in [9.17, 15) is 0 Å². The summed E-state index contributed by atoms with van der Waals surface area (Å²) in [7, 11) is 0. The fraction of sp³-hybridized carbons (Fsp3) is 0.226. The lowest BCUT2D eigenvalue weighted by Crippen LogP contribution is -2.23. The van der Waals surface area contributed by atoms with Gasteiger partial charge in [0.1, 0.15) is 23.0 Å². The molecule has 0 unspecified atom stereocenters. The minimum atomic E-state index is -0.116. The van der Waals surface area contributed by atoms with E-state index in [1.165, 1.54) is 30.4 Å². The third-order valence-electron chi connectivity index (χ3n) is 6.49. The first-order valence-electron chi connectivity index (χ1n) is 12.2. The van der Waals surface area contributed by atoms with Gasteiger partial charge in [-0.05, 0) is 90.3 Å². The van der Waals surface area contributed by atoms with Gasteiger partial charge in [0, 0.05) is 16.8 Å². The van der Waals surface area contributed by atoms with Crippen LogP contribution in [0.5, 0.6) is 23.0 Å². The third-order valence-corrected chi connectivity index (χ3v) is 6.49. The van der Waals surface area contributed by atoms with E-state index >= 15 is 0 Å². The highest BCUT2D eigenvalue weighted by Gasteiger charge is 2.28. The average Bonchev–Trinajstić information content (AvgIpc) is 2.88. The molecule has 0 saturated heterocycles. The Labute approximate surface area is 208 Å². The topological polar surface area (TPSA) is 70.5 Å². The first kappa shape index (κ1) is 24.2. The maximum atomic E-state index is 6.01. The van der Waals surface area contributed by atoms with Crippen LogP contribution in [0.4, 0.5) is 11.4 Å². The van der Waals surface area contributed by atoms with Crippen molar-refractivity contribution < 1.29 is 9.47 Å². The van der Waals surface area contributed by atoms with Crippen molar-refractivity contribution in [3.05, 3.63) is 108 Å². The molecule has 4 rings (SSSR count). The zero-order valence-corrected chi connectivity index (χ0v) is 20.5. The number of hydrogen-bond acceptors (Lipinski definition) is 4. The molecule has 4 N–H and O–H groups in total. The predicted molar refractivity (Wildman–Crippen MR) is 145 cm³/mol. The molecule has 0 fully saturated rings. The van der Waals surface area contributed by atoms with Gasteiger partial charge in [0.2, 0.25) is 0 Å². The summed E-state index contributed by atoms with van der Waals surface area (Å²) in [6.07, 6.45) is 4.64. The Morgan fingerprint density at radius 1 is 0.543 bits per heavy atom. The number of rotatable bonds is 10. The Hall–Kier alpha value is -3.92. The Bertz CT molecular complexity index is 1110. The van der Waals surface area contributed by atoms with Gasteiger partial charge in [0.15, 0.2) is 0 Å². The second kappa shape index (κ2) is 11.0. The molecule has 4 nitrogen and oxygen atoms in total. The second-order valence-electron chi connectivity index (χ2n) is 9.18. The van der Waals surface area contributed by atoms with Crippen LogP contribution in [0.2, 0.25) is 0 Å². The van der Waals surface area contributed by atoms with Gasteiger partial charge in [-0.2, -0.15) is 0 Å². The maximum Gasteiger partial charge on any atom is 0.127 e. The summed E-state index contributed by atoms with van der Waals surface area (Å²) in [6.45, 7) is 4.57. The molecule has 4 aromatic carbocycles. The van der Waals surface area contributed by atoms with E-state index in [0.29, 0.717) is 0 Å². The smallest absolute Gasteiger partial charge is 0.127 e. The molecule has 0 atom stereocenters. The van der Waals surface area contributed by atoms with Gasteiger partial charge < -0.3 is 20.9 Å². The lowest BCUT2D eigenvalue weighted by atomic mass is 9.72. The normalized spacial score (nSPS) is 11.3. The standard InChI is InChI=1S/C31H34N2O2/c1-3-4-5-22-31(2,23-6-14-27(15-7-23)34-29-18-10-25(32)11-19-29)24-8-16-28(17-9-24)35-30-20-12-26(33)13-21-30/h6-21H,3-5,22,32-33H2,1-2H3. The molecule has 0 amide bonds. The van der Waals surface area contributed by atoms with Crippen LogP contribution < -0.4 is 20.9 Å². The van der Waals surface area contributed by atoms with Crippen molar-refractivity contribution in [3.63, 3.8) is 0 Å². The molecular formula is C31H34N2O2. The van der Waals surface area contributed by atoms with E-state index in [-0.39, 0.29) is 5.41 Å². The van der Waals surface area contributed by atoms with Crippen molar-refractivity contribution in [1.82, 2.24) is 0 Å². The molecule has 0 aliphatic heterocycles. The van der Waals surface area contributed by atoms with Gasteiger partial charge in [0.05, 0.1) is 0 Å². The van der Waals surface area contributed by atoms with Crippen LogP contribution in [0.25, 0.3) is 0 Å². The lowest BCUT2D eigenvalue weighted by molar-refractivity contribution is 0.469. The van der Waals surface area contributed by atoms with Crippen LogP contribution in [0, 0.1) is 0 Å². The van der Waals surface area contributed by atoms with Crippen molar-refractivity contribution in [1.29, 1.82) is 0 Å². The minimum absolute atomic E-state index is 0.116. The van der Waals surface area contributed by atoms with Crippen molar-refractivity contribution >= 4 is 11.4 Å². The van der Waals surface area contributed by atoms with Gasteiger partial charge in [-0.3, -0.25) is 0 Å². The summed E-state index contributed by atoms with van der Waals surface area (Å²) in [5.74, 6) is 3.16. The number of nitrogen functional groups attached to an aromatic ring is 2. The molecule has 0 spiro atoms. The van der Waals surface area contributed by atoms with E-state index in [2.05, 4.69) is 38.1 Å². The largest absolute Gasteiger partial charge is 0.457 e. The molecular weight excluding hydrogens is 432 g/mol. The molecule has 0 aromatic heterocycles. The molecule has 0 radical (unpaired) electrons. The monoisotopic (exact) mass is 466 g/mol. The highest BCUT2D eigenvalue weighted by atomic mass is 16.5. The maximum absolute atomic E-state index is 6.01. The zero-order chi connectivity index (χ0) is 24.7. The average molecular weight is 467 g/mol. The van der Waals surface area contributed by atoms with Crippen molar-refractivity contribution in [2.24, 2.45) is 0 Å². The zero-order valence-electron chi connectivity index (χ0n) is 20.5. The molecule has 4 heteroatoms. The summed E-state index contributed by atoms with van der Waals surface area (Å²) < 4.78 is 12.0. The van der Waals surface area contributed by atoms with Crippen molar-refractivity contribution in [3.8, 4) is 23.0 Å². The van der Waals surface area contributed by atoms with Crippen LogP contribution in [-0.2, 0) is 5.41 Å². The van der Waals surface area contributed by atoms with Gasteiger partial charge in [-0.1, -0.05) is 57.4 Å². The summed E-state index contributed by atoms with van der Waals surface area (Å²) in [5.41, 5.74) is 15.4. The number of ether oxygens (including phenoxy) is 2. The Kier molecular flexibility index (Phi) is 7.61. The van der Waals surface area contributed by atoms with Crippen LogP contribution in [0.15, 0.2) is 97.1 Å². The van der Waals surface area contributed by atoms with Crippen LogP contribution in [-0.4, -0.2) is 0 Å². The molecule has 0 aliphatic rings. The van der Waals surface area contributed by atoms with Gasteiger partial charge in [-0.25, -0.2) is 0 Å². The number of nitrogens with two attached hydrogens (primary N) is 2. The molecule has 0 bridgehead atoms. The van der Waals surface area contributed by atoms with Crippen LogP contribution >= 0.6 is 0 Å². The van der Waals surface area contributed by atoms with Gasteiger partial charge >= 0.3 is 0 Å². The second-order valence-corrected chi connectivity index (χ2v) is 9.18. The molecule has 0 aliphatic carbocycles. The highest BCUT2D eigenvalue weighted by Crippen LogP contribution is 2.39. The SMILES string of the molecule is CCCCCC(C)(c1ccc(Oc2ccc(N)cc2)cc1)c1ccc(Oc2ccc(N)cc2)cc1. The third kappa shape index (κ3) is 6.15. The van der Waals surface area contributed by atoms with E-state index in [1.54, 1.807) is 0 Å². The molecule has 180 valence electrons. The number of benzene rings is 4. The van der Waals surface area contributed by atoms with Crippen LogP contribution in [0.1, 0.15) is 50.7 Å². The number of hydrogen-bond donors (Lipinski definition) is 2. The highest BCUT2D eigenvalue weighted by molar-refractivity contribution is 5.47. The lowest BCUT2D eigenvalue weighted by Gasteiger charge is -2.31. The van der Waals surface area contributed by atoms with Crippen molar-refractivity contribution in [2.75, 3.05) is 11.5 Å². The summed E-state index contributed by atoms with van der Waals surface area (Å²) >= 11 is 0. The Balaban J connectivity index is 1.54. The predicted octanol–water partition coefficient (Wildman–Crippen LogP) is 8.32. The van der Waals surface area contributed by atoms with E-state index < -0.39 is 0 Å². The quantitative estimate of drug-likeness (QED) is 0.182. The molecule has 4 aromatic rings. The first-order valence-corrected chi connectivity index (χ1v) is 12.2. The first-order chi connectivity index (χ1) is 17.0. The fourth-order valence-corrected chi connectivity index (χ4v) is 4.31. The summed E-state index contributed by atoms with van der Waals surface area (Å²) in [4.78, 5) is 0. The van der Waals surface area contributed by atoms with E-state index in [0.717, 1.165) is 40.8 Å². The molecule has 0 heterocycles. The fourth-order valence-electron chi connectivity index (χ4n) is 4.31. The van der Waals surface area contributed by atoms with E-state index in [4.69, 9.17) is 20.9 Å². The minimum Gasteiger partial charge on any atom is -0.457 e.